The van der Waals surface area contributed by atoms with Gasteiger partial charge in [0.25, 0.3) is 5.91 Å². The lowest BCUT2D eigenvalue weighted by Crippen LogP contribution is -2.48. The van der Waals surface area contributed by atoms with E-state index in [4.69, 9.17) is 4.74 Å². The molecule has 2 heterocycles. The molecule has 29 heavy (non-hydrogen) atoms. The molecule has 1 N–H and O–H groups in total. The van der Waals surface area contributed by atoms with Crippen molar-refractivity contribution in [2.45, 2.75) is 13.0 Å². The van der Waals surface area contributed by atoms with Gasteiger partial charge in [-0.25, -0.2) is 8.42 Å². The molecule has 1 aliphatic rings. The number of hydrogen-bond acceptors (Lipinski definition) is 7. The summed E-state index contributed by atoms with van der Waals surface area (Å²) in [5.74, 6) is -0.151. The van der Waals surface area contributed by atoms with E-state index in [1.165, 1.54) is 15.6 Å². The highest BCUT2D eigenvalue weighted by atomic mass is 32.2. The number of carbonyl (C=O) groups excluding carboxylic acids is 1. The molecule has 0 radical (unpaired) electrons. The first-order valence-corrected chi connectivity index (χ1v) is 11.4. The summed E-state index contributed by atoms with van der Waals surface area (Å²) in [5.41, 5.74) is 2.45. The second kappa shape index (κ2) is 7.45. The van der Waals surface area contributed by atoms with Gasteiger partial charge in [-0.1, -0.05) is 53.3 Å². The molecule has 0 unspecified atom stereocenters. The lowest BCUT2D eigenvalue weighted by molar-refractivity contribution is -0.122. The fourth-order valence-corrected chi connectivity index (χ4v) is 4.59. The zero-order valence-electron chi connectivity index (χ0n) is 15.7. The van der Waals surface area contributed by atoms with Crippen molar-refractivity contribution in [1.29, 1.82) is 0 Å². The van der Waals surface area contributed by atoms with E-state index in [2.05, 4.69) is 15.5 Å². The summed E-state index contributed by atoms with van der Waals surface area (Å²) < 4.78 is 31.3. The number of rotatable bonds is 4. The number of aromatic nitrogens is 2. The van der Waals surface area contributed by atoms with Crippen LogP contribution in [0.5, 0.6) is 5.75 Å². The summed E-state index contributed by atoms with van der Waals surface area (Å²) in [6, 6.07) is 14.5. The lowest BCUT2D eigenvalue weighted by atomic mass is 10.2. The van der Waals surface area contributed by atoms with Crippen LogP contribution in [0.25, 0.3) is 10.6 Å². The van der Waals surface area contributed by atoms with Crippen LogP contribution in [0, 0.1) is 6.92 Å². The average molecular weight is 431 g/mol. The van der Waals surface area contributed by atoms with Crippen molar-refractivity contribution in [2.75, 3.05) is 22.4 Å². The number of benzene rings is 2. The Kier molecular flexibility index (Phi) is 4.97. The number of carbonyl (C=O) groups is 1. The molecular formula is C19H18N4O4S2. The van der Waals surface area contributed by atoms with Crippen LogP contribution in [0.15, 0.2) is 48.5 Å². The van der Waals surface area contributed by atoms with Gasteiger partial charge >= 0.3 is 0 Å². The predicted molar refractivity (Wildman–Crippen MR) is 112 cm³/mol. The molecule has 1 aliphatic heterocycles. The number of fused-ring (bicyclic) bond motifs is 1. The van der Waals surface area contributed by atoms with Gasteiger partial charge in [0.2, 0.25) is 15.2 Å². The SMILES string of the molecule is Cc1ccc(-c2nnc(NC(=O)[C@@H]3CN(S(C)(=O)=O)c4ccccc4O3)s2)cc1. The Hall–Kier alpha value is -2.98. The molecule has 4 rings (SSSR count). The monoisotopic (exact) mass is 430 g/mol. The Morgan fingerprint density at radius 2 is 1.90 bits per heavy atom. The number of nitrogens with zero attached hydrogens (tertiary/aromatic N) is 3. The van der Waals surface area contributed by atoms with E-state index in [0.29, 0.717) is 21.6 Å². The zero-order valence-corrected chi connectivity index (χ0v) is 17.3. The number of anilines is 2. The molecule has 2 aromatic carbocycles. The Labute approximate surface area is 172 Å². The van der Waals surface area contributed by atoms with Crippen molar-refractivity contribution >= 4 is 38.1 Å². The van der Waals surface area contributed by atoms with Gasteiger partial charge in [-0.3, -0.25) is 14.4 Å². The highest BCUT2D eigenvalue weighted by Gasteiger charge is 2.35. The van der Waals surface area contributed by atoms with Crippen molar-refractivity contribution in [1.82, 2.24) is 10.2 Å². The average Bonchev–Trinajstić information content (AvgIpc) is 3.15. The third kappa shape index (κ3) is 4.08. The highest BCUT2D eigenvalue weighted by molar-refractivity contribution is 7.92. The van der Waals surface area contributed by atoms with Gasteiger partial charge in [0.05, 0.1) is 18.5 Å². The van der Waals surface area contributed by atoms with Crippen molar-refractivity contribution in [2.24, 2.45) is 0 Å². The van der Waals surface area contributed by atoms with Gasteiger partial charge in [-0.05, 0) is 19.1 Å². The summed E-state index contributed by atoms with van der Waals surface area (Å²) in [7, 11) is -3.57. The van der Waals surface area contributed by atoms with Crippen molar-refractivity contribution in [3.8, 4) is 16.3 Å². The first-order valence-electron chi connectivity index (χ1n) is 8.76. The van der Waals surface area contributed by atoms with Gasteiger partial charge in [0.1, 0.15) is 10.8 Å². The van der Waals surface area contributed by atoms with Crippen LogP contribution >= 0.6 is 11.3 Å². The lowest BCUT2D eigenvalue weighted by Gasteiger charge is -2.33. The smallest absolute Gasteiger partial charge is 0.269 e. The molecule has 0 saturated heterocycles. The Morgan fingerprint density at radius 1 is 1.17 bits per heavy atom. The minimum Gasteiger partial charge on any atom is -0.476 e. The van der Waals surface area contributed by atoms with Crippen LogP contribution < -0.4 is 14.4 Å². The van der Waals surface area contributed by atoms with Crippen LogP contribution in [0.2, 0.25) is 0 Å². The van der Waals surface area contributed by atoms with Crippen LogP contribution in [0.4, 0.5) is 10.8 Å². The maximum atomic E-state index is 12.7. The Bertz CT molecular complexity index is 1160. The van der Waals surface area contributed by atoms with Crippen LogP contribution in [-0.2, 0) is 14.8 Å². The molecule has 0 spiro atoms. The molecule has 8 nitrogen and oxygen atoms in total. The van der Waals surface area contributed by atoms with Crippen molar-refractivity contribution < 1.29 is 17.9 Å². The van der Waals surface area contributed by atoms with E-state index >= 15 is 0 Å². The third-order valence-electron chi connectivity index (χ3n) is 4.38. The summed E-state index contributed by atoms with van der Waals surface area (Å²) in [6.07, 6.45) is 0.0919. The maximum Gasteiger partial charge on any atom is 0.269 e. The van der Waals surface area contributed by atoms with Crippen LogP contribution in [-0.4, -0.2) is 43.4 Å². The molecule has 3 aromatic rings. The van der Waals surface area contributed by atoms with E-state index in [1.807, 2.05) is 31.2 Å². The standard InChI is InChI=1S/C19H18N4O4S2/c1-12-7-9-13(10-8-12)18-21-22-19(28-18)20-17(24)16-11-23(29(2,25)26)14-5-3-4-6-15(14)27-16/h3-10,16H,11H2,1-2H3,(H,20,22,24)/t16-/m0/s1. The quantitative estimate of drug-likeness (QED) is 0.683. The van der Waals surface area contributed by atoms with E-state index in [0.717, 1.165) is 17.4 Å². The van der Waals surface area contributed by atoms with Gasteiger partial charge in [-0.15, -0.1) is 10.2 Å². The van der Waals surface area contributed by atoms with Crippen molar-refractivity contribution in [3.63, 3.8) is 0 Å². The maximum absolute atomic E-state index is 12.7. The molecule has 0 fully saturated rings. The number of nitrogens with one attached hydrogen (secondary N) is 1. The summed E-state index contributed by atoms with van der Waals surface area (Å²) >= 11 is 1.23. The normalized spacial score (nSPS) is 16.1. The zero-order chi connectivity index (χ0) is 20.6. The summed E-state index contributed by atoms with van der Waals surface area (Å²) in [5, 5.41) is 11.8. The Morgan fingerprint density at radius 3 is 2.62 bits per heavy atom. The van der Waals surface area contributed by atoms with E-state index in [-0.39, 0.29) is 6.54 Å². The highest BCUT2D eigenvalue weighted by Crippen LogP contribution is 2.35. The molecule has 0 bridgehead atoms. The van der Waals surface area contributed by atoms with Crippen LogP contribution in [0.1, 0.15) is 5.56 Å². The second-order valence-corrected chi connectivity index (χ2v) is 9.52. The fraction of sp³-hybridized carbons (Fsp3) is 0.211. The molecular weight excluding hydrogens is 412 g/mol. The molecule has 1 aromatic heterocycles. The topological polar surface area (TPSA) is 101 Å². The minimum atomic E-state index is -3.57. The molecule has 0 saturated carbocycles. The van der Waals surface area contributed by atoms with Gasteiger partial charge in [-0.2, -0.15) is 0 Å². The van der Waals surface area contributed by atoms with E-state index in [9.17, 15) is 13.2 Å². The summed E-state index contributed by atoms with van der Waals surface area (Å²) in [4.78, 5) is 12.7. The van der Waals surface area contributed by atoms with Gasteiger partial charge in [0.15, 0.2) is 6.10 Å². The molecule has 10 heteroatoms. The van der Waals surface area contributed by atoms with Gasteiger partial charge < -0.3 is 4.74 Å². The fourth-order valence-electron chi connectivity index (χ4n) is 2.93. The summed E-state index contributed by atoms with van der Waals surface area (Å²) in [6.45, 7) is 1.88. The van der Waals surface area contributed by atoms with E-state index in [1.54, 1.807) is 24.3 Å². The molecule has 1 amide bonds. The number of sulfonamides is 1. The number of amides is 1. The number of para-hydroxylation sites is 2. The Balaban J connectivity index is 1.53. The molecule has 0 aliphatic carbocycles. The van der Waals surface area contributed by atoms with Crippen molar-refractivity contribution in [3.05, 3.63) is 54.1 Å². The first kappa shape index (κ1) is 19.3. The number of aryl methyl sites for hydroxylation is 1. The second-order valence-electron chi connectivity index (χ2n) is 6.64. The van der Waals surface area contributed by atoms with Crippen LogP contribution in [0.3, 0.4) is 0 Å². The van der Waals surface area contributed by atoms with E-state index < -0.39 is 22.0 Å². The number of hydrogen-bond donors (Lipinski definition) is 1. The minimum absolute atomic E-state index is 0.120. The first-order chi connectivity index (χ1) is 13.8. The number of ether oxygens (including phenoxy) is 1. The largest absolute Gasteiger partial charge is 0.476 e. The predicted octanol–water partition coefficient (Wildman–Crippen LogP) is 2.68. The van der Waals surface area contributed by atoms with Gasteiger partial charge in [0, 0.05) is 5.56 Å². The molecule has 1 atom stereocenters. The third-order valence-corrected chi connectivity index (χ3v) is 6.42. The molecule has 150 valence electrons.